The summed E-state index contributed by atoms with van der Waals surface area (Å²) in [6.45, 7) is 0.603. The van der Waals surface area contributed by atoms with Crippen LogP contribution in [0.25, 0.3) is 0 Å². The van der Waals surface area contributed by atoms with Crippen molar-refractivity contribution in [3.8, 4) is 11.5 Å². The van der Waals surface area contributed by atoms with E-state index >= 15 is 0 Å². The Morgan fingerprint density at radius 3 is 2.44 bits per heavy atom. The number of rotatable bonds is 6. The van der Waals surface area contributed by atoms with Crippen molar-refractivity contribution in [2.24, 2.45) is 5.92 Å². The predicted octanol–water partition coefficient (Wildman–Crippen LogP) is 2.57. The van der Waals surface area contributed by atoms with Gasteiger partial charge in [-0.15, -0.1) is 0 Å². The molecule has 1 fully saturated rings. The molecule has 1 aliphatic rings. The lowest BCUT2D eigenvalue weighted by atomic mass is 9.89. The Balaban J connectivity index is 1.79. The molecule has 142 valence electrons. The summed E-state index contributed by atoms with van der Waals surface area (Å²) in [5.41, 5.74) is 1.66. The maximum atomic E-state index is 12.9. The van der Waals surface area contributed by atoms with Crippen LogP contribution in [0.3, 0.4) is 0 Å². The molecule has 0 bridgehead atoms. The number of ether oxygens (including phenoxy) is 2. The van der Waals surface area contributed by atoms with E-state index in [9.17, 15) is 14.7 Å². The highest BCUT2D eigenvalue weighted by molar-refractivity contribution is 5.82. The number of hydrogen-bond acceptors (Lipinski definition) is 4. The Bertz CT molecular complexity index is 821. The average Bonchev–Trinajstić information content (AvgIpc) is 3.14. The lowest BCUT2D eigenvalue weighted by molar-refractivity contribution is -0.141. The molecule has 6 nitrogen and oxygen atoms in total. The van der Waals surface area contributed by atoms with E-state index in [1.54, 1.807) is 37.3 Å². The van der Waals surface area contributed by atoms with E-state index in [0.29, 0.717) is 18.0 Å². The van der Waals surface area contributed by atoms with Gasteiger partial charge in [0, 0.05) is 24.6 Å². The van der Waals surface area contributed by atoms with Crippen LogP contribution in [0.5, 0.6) is 11.5 Å². The molecule has 1 heterocycles. The fraction of sp³-hybridized carbons (Fsp3) is 0.333. The summed E-state index contributed by atoms with van der Waals surface area (Å²) in [6.07, 6.45) is 0.133. The standard InChI is InChI=1S/C21H23NO5/c1-26-16-8-9-19(27-2)15(10-16)11-20(23)22-12-17(18(13-22)21(24)25)14-6-4-3-5-7-14/h3-10,17-18H,11-13H2,1-2H3,(H,24,25)/t17-,18-/m0/s1. The van der Waals surface area contributed by atoms with Gasteiger partial charge in [-0.05, 0) is 23.8 Å². The summed E-state index contributed by atoms with van der Waals surface area (Å²) in [6, 6.07) is 14.8. The van der Waals surface area contributed by atoms with Crippen molar-refractivity contribution in [2.75, 3.05) is 27.3 Å². The number of nitrogens with zero attached hydrogens (tertiary/aromatic N) is 1. The molecule has 1 amide bonds. The number of aliphatic carboxylic acids is 1. The first-order valence-corrected chi connectivity index (χ1v) is 8.80. The number of carbonyl (C=O) groups excluding carboxylic acids is 1. The van der Waals surface area contributed by atoms with Crippen LogP contribution in [0.1, 0.15) is 17.0 Å². The maximum absolute atomic E-state index is 12.9. The van der Waals surface area contributed by atoms with Gasteiger partial charge in [-0.3, -0.25) is 9.59 Å². The van der Waals surface area contributed by atoms with Crippen molar-refractivity contribution in [1.29, 1.82) is 0 Å². The normalized spacial score (nSPS) is 19.0. The second-order valence-electron chi connectivity index (χ2n) is 6.62. The van der Waals surface area contributed by atoms with Gasteiger partial charge < -0.3 is 19.5 Å². The van der Waals surface area contributed by atoms with Crippen molar-refractivity contribution < 1.29 is 24.2 Å². The summed E-state index contributed by atoms with van der Waals surface area (Å²) in [5.74, 6) is -0.559. The van der Waals surface area contributed by atoms with Crippen LogP contribution in [0.4, 0.5) is 0 Å². The van der Waals surface area contributed by atoms with Gasteiger partial charge in [0.05, 0.1) is 26.6 Å². The molecule has 27 heavy (non-hydrogen) atoms. The molecule has 2 aromatic rings. The van der Waals surface area contributed by atoms with E-state index in [1.165, 1.54) is 0 Å². The Kier molecular flexibility index (Phi) is 5.64. The van der Waals surface area contributed by atoms with Crippen molar-refractivity contribution in [2.45, 2.75) is 12.3 Å². The Hall–Kier alpha value is -3.02. The molecule has 6 heteroatoms. The van der Waals surface area contributed by atoms with Gasteiger partial charge >= 0.3 is 5.97 Å². The Morgan fingerprint density at radius 2 is 1.81 bits per heavy atom. The third-order valence-electron chi connectivity index (χ3n) is 5.05. The quantitative estimate of drug-likeness (QED) is 0.847. The number of carboxylic acids is 1. The van der Waals surface area contributed by atoms with Gasteiger partial charge in [0.1, 0.15) is 11.5 Å². The van der Waals surface area contributed by atoms with Crippen LogP contribution in [0, 0.1) is 5.92 Å². The Morgan fingerprint density at radius 1 is 1.07 bits per heavy atom. The molecule has 1 N–H and O–H groups in total. The number of methoxy groups -OCH3 is 2. The van der Waals surface area contributed by atoms with Crippen LogP contribution >= 0.6 is 0 Å². The highest BCUT2D eigenvalue weighted by Crippen LogP contribution is 2.34. The molecule has 0 aromatic heterocycles. The average molecular weight is 369 g/mol. The highest BCUT2D eigenvalue weighted by Gasteiger charge is 2.40. The van der Waals surface area contributed by atoms with Crippen LogP contribution in [-0.4, -0.2) is 49.2 Å². The van der Waals surface area contributed by atoms with Gasteiger partial charge in [-0.2, -0.15) is 0 Å². The number of carbonyl (C=O) groups is 2. The number of hydrogen-bond donors (Lipinski definition) is 1. The van der Waals surface area contributed by atoms with Gasteiger partial charge in [-0.25, -0.2) is 0 Å². The van der Waals surface area contributed by atoms with Crippen molar-refractivity contribution >= 4 is 11.9 Å². The molecule has 1 saturated heterocycles. The van der Waals surface area contributed by atoms with Gasteiger partial charge in [-0.1, -0.05) is 30.3 Å². The van der Waals surface area contributed by atoms with E-state index in [0.717, 1.165) is 11.1 Å². The van der Waals surface area contributed by atoms with E-state index in [1.807, 2.05) is 30.3 Å². The van der Waals surface area contributed by atoms with Crippen LogP contribution in [-0.2, 0) is 16.0 Å². The van der Waals surface area contributed by atoms with E-state index < -0.39 is 11.9 Å². The fourth-order valence-electron chi connectivity index (χ4n) is 3.59. The molecule has 1 aliphatic heterocycles. The highest BCUT2D eigenvalue weighted by atomic mass is 16.5. The van der Waals surface area contributed by atoms with Crippen LogP contribution < -0.4 is 9.47 Å². The maximum Gasteiger partial charge on any atom is 0.308 e. The molecule has 0 unspecified atom stereocenters. The molecule has 3 rings (SSSR count). The van der Waals surface area contributed by atoms with E-state index in [-0.39, 0.29) is 24.8 Å². The molecule has 0 radical (unpaired) electrons. The monoisotopic (exact) mass is 369 g/mol. The molecular formula is C21H23NO5. The zero-order chi connectivity index (χ0) is 19.4. The smallest absolute Gasteiger partial charge is 0.308 e. The third kappa shape index (κ3) is 4.05. The van der Waals surface area contributed by atoms with Crippen LogP contribution in [0.15, 0.2) is 48.5 Å². The second kappa shape index (κ2) is 8.12. The van der Waals surface area contributed by atoms with E-state index in [2.05, 4.69) is 0 Å². The topological polar surface area (TPSA) is 76.1 Å². The van der Waals surface area contributed by atoms with Gasteiger partial charge in [0.2, 0.25) is 5.91 Å². The summed E-state index contributed by atoms with van der Waals surface area (Å²) < 4.78 is 10.6. The van der Waals surface area contributed by atoms with Gasteiger partial charge in [0.25, 0.3) is 0 Å². The fourth-order valence-corrected chi connectivity index (χ4v) is 3.59. The van der Waals surface area contributed by atoms with E-state index in [4.69, 9.17) is 9.47 Å². The van der Waals surface area contributed by atoms with Crippen molar-refractivity contribution in [3.05, 3.63) is 59.7 Å². The minimum Gasteiger partial charge on any atom is -0.497 e. The lowest BCUT2D eigenvalue weighted by Crippen LogP contribution is -2.31. The SMILES string of the molecule is COc1ccc(OC)c(CC(=O)N2C[C@H](C(=O)O)[C@H](c3ccccc3)C2)c1. The number of benzene rings is 2. The minimum absolute atomic E-state index is 0.119. The summed E-state index contributed by atoms with van der Waals surface area (Å²) >= 11 is 0. The molecule has 2 aromatic carbocycles. The van der Waals surface area contributed by atoms with Crippen LogP contribution in [0.2, 0.25) is 0 Å². The molecule has 0 saturated carbocycles. The number of likely N-dealkylation sites (tertiary alicyclic amines) is 1. The molecule has 0 spiro atoms. The number of carboxylic acid groups (broad SMARTS) is 1. The summed E-state index contributed by atoms with van der Waals surface area (Å²) in [4.78, 5) is 26.2. The largest absolute Gasteiger partial charge is 0.497 e. The summed E-state index contributed by atoms with van der Waals surface area (Å²) in [7, 11) is 3.12. The predicted molar refractivity (Wildman–Crippen MR) is 100 cm³/mol. The molecule has 2 atom stereocenters. The van der Waals surface area contributed by atoms with Gasteiger partial charge in [0.15, 0.2) is 0 Å². The zero-order valence-electron chi connectivity index (χ0n) is 15.4. The second-order valence-corrected chi connectivity index (χ2v) is 6.62. The zero-order valence-corrected chi connectivity index (χ0v) is 15.4. The molecule has 0 aliphatic carbocycles. The van der Waals surface area contributed by atoms with Crippen molar-refractivity contribution in [1.82, 2.24) is 4.90 Å². The number of amides is 1. The Labute approximate surface area is 158 Å². The summed E-state index contributed by atoms with van der Waals surface area (Å²) in [5, 5.41) is 9.61. The first kappa shape index (κ1) is 18.8. The first-order chi connectivity index (χ1) is 13.0. The lowest BCUT2D eigenvalue weighted by Gasteiger charge is -2.18. The first-order valence-electron chi connectivity index (χ1n) is 8.80. The minimum atomic E-state index is -0.877. The molecular weight excluding hydrogens is 346 g/mol. The third-order valence-corrected chi connectivity index (χ3v) is 5.05. The van der Waals surface area contributed by atoms with Crippen molar-refractivity contribution in [3.63, 3.8) is 0 Å².